The molecule has 0 radical (unpaired) electrons. The van der Waals surface area contributed by atoms with Crippen molar-refractivity contribution in [3.8, 4) is 0 Å². The van der Waals surface area contributed by atoms with Crippen LogP contribution in [0.3, 0.4) is 0 Å². The highest BCUT2D eigenvalue weighted by Gasteiger charge is 2.26. The van der Waals surface area contributed by atoms with Crippen LogP contribution in [0.25, 0.3) is 0 Å². The van der Waals surface area contributed by atoms with Crippen molar-refractivity contribution in [3.63, 3.8) is 0 Å². The maximum absolute atomic E-state index is 10.5. The molecule has 0 bridgehead atoms. The third-order valence-electron chi connectivity index (χ3n) is 4.25. The zero-order valence-corrected chi connectivity index (χ0v) is 13.2. The highest BCUT2D eigenvalue weighted by Crippen LogP contribution is 2.28. The second-order valence-corrected chi connectivity index (χ2v) is 6.69. The van der Waals surface area contributed by atoms with Crippen LogP contribution in [0.4, 0.5) is 5.13 Å². The molecule has 1 atom stereocenters. The van der Waals surface area contributed by atoms with E-state index in [9.17, 15) is 5.11 Å². The molecule has 4 heteroatoms. The van der Waals surface area contributed by atoms with E-state index in [1.165, 1.54) is 5.56 Å². The van der Waals surface area contributed by atoms with Crippen molar-refractivity contribution in [1.29, 1.82) is 0 Å². The second-order valence-electron chi connectivity index (χ2n) is 5.85. The summed E-state index contributed by atoms with van der Waals surface area (Å²) in [5, 5.41) is 13.7. The first kappa shape index (κ1) is 14.5. The third kappa shape index (κ3) is 3.63. The number of aryl methyl sites for hydroxylation is 1. The van der Waals surface area contributed by atoms with Crippen LogP contribution in [0.5, 0.6) is 0 Å². The van der Waals surface area contributed by atoms with Crippen molar-refractivity contribution in [2.24, 2.45) is 5.92 Å². The van der Waals surface area contributed by atoms with Gasteiger partial charge < -0.3 is 10.0 Å². The minimum atomic E-state index is -0.229. The zero-order valence-electron chi connectivity index (χ0n) is 12.4. The Hall–Kier alpha value is -1.39. The van der Waals surface area contributed by atoms with Crippen LogP contribution >= 0.6 is 11.3 Å². The van der Waals surface area contributed by atoms with Crippen molar-refractivity contribution < 1.29 is 5.11 Å². The van der Waals surface area contributed by atoms with E-state index in [0.29, 0.717) is 5.92 Å². The summed E-state index contributed by atoms with van der Waals surface area (Å²) in [6.07, 6.45) is 2.63. The number of thiazole rings is 1. The van der Waals surface area contributed by atoms with E-state index >= 15 is 0 Å². The van der Waals surface area contributed by atoms with Gasteiger partial charge >= 0.3 is 0 Å². The topological polar surface area (TPSA) is 36.4 Å². The van der Waals surface area contributed by atoms with E-state index in [1.54, 1.807) is 11.3 Å². The van der Waals surface area contributed by atoms with Gasteiger partial charge in [0.1, 0.15) is 0 Å². The molecular weight excluding hydrogens is 280 g/mol. The van der Waals surface area contributed by atoms with Gasteiger partial charge in [-0.15, -0.1) is 11.3 Å². The lowest BCUT2D eigenvalue weighted by atomic mass is 9.88. The molecule has 2 aromatic rings. The molecule has 1 N–H and O–H groups in total. The summed E-state index contributed by atoms with van der Waals surface area (Å²) in [5.74, 6) is 0.405. The Morgan fingerprint density at radius 2 is 2.00 bits per heavy atom. The van der Waals surface area contributed by atoms with Crippen LogP contribution < -0.4 is 4.90 Å². The minimum Gasteiger partial charge on any atom is -0.392 e. The number of anilines is 1. The maximum atomic E-state index is 10.5. The molecule has 1 aromatic heterocycles. The van der Waals surface area contributed by atoms with Gasteiger partial charge in [-0.05, 0) is 37.7 Å². The molecule has 1 aromatic carbocycles. The number of piperidine rings is 1. The number of aromatic nitrogens is 1. The molecule has 0 saturated carbocycles. The van der Waals surface area contributed by atoms with Gasteiger partial charge in [0.2, 0.25) is 0 Å². The van der Waals surface area contributed by atoms with Gasteiger partial charge in [0.05, 0.1) is 11.8 Å². The van der Waals surface area contributed by atoms with E-state index in [4.69, 9.17) is 0 Å². The van der Waals surface area contributed by atoms with Gasteiger partial charge in [0.25, 0.3) is 0 Å². The van der Waals surface area contributed by atoms with Crippen molar-refractivity contribution in [2.75, 3.05) is 18.0 Å². The smallest absolute Gasteiger partial charge is 0.185 e. The molecule has 3 nitrogen and oxygen atoms in total. The van der Waals surface area contributed by atoms with Crippen LogP contribution in [0, 0.1) is 12.8 Å². The monoisotopic (exact) mass is 302 g/mol. The molecule has 0 aliphatic carbocycles. The van der Waals surface area contributed by atoms with Crippen molar-refractivity contribution in [1.82, 2.24) is 4.98 Å². The lowest BCUT2D eigenvalue weighted by Crippen LogP contribution is -2.38. The average molecular weight is 302 g/mol. The molecule has 1 fully saturated rings. The normalized spacial score (nSPS) is 17.9. The zero-order chi connectivity index (χ0) is 14.7. The number of hydrogen-bond donors (Lipinski definition) is 1. The molecule has 0 spiro atoms. The standard InChI is InChI=1S/C17H22N2OS/c1-13-12-21-17(18-13)19-9-7-15(8-10-19)16(20)11-14-5-3-2-4-6-14/h2-6,12,15-16,20H,7-11H2,1H3. The Morgan fingerprint density at radius 3 is 2.62 bits per heavy atom. The molecule has 0 amide bonds. The fourth-order valence-corrected chi connectivity index (χ4v) is 3.84. The Morgan fingerprint density at radius 1 is 1.29 bits per heavy atom. The molecule has 1 saturated heterocycles. The number of nitrogens with zero attached hydrogens (tertiary/aromatic N) is 2. The van der Waals surface area contributed by atoms with Crippen LogP contribution in [0.15, 0.2) is 35.7 Å². The molecule has 3 rings (SSSR count). The quantitative estimate of drug-likeness (QED) is 0.941. The molecule has 1 unspecified atom stereocenters. The summed E-state index contributed by atoms with van der Waals surface area (Å²) in [7, 11) is 0. The van der Waals surface area contributed by atoms with Crippen molar-refractivity contribution in [2.45, 2.75) is 32.3 Å². The molecular formula is C17H22N2OS. The molecule has 1 aliphatic heterocycles. The highest BCUT2D eigenvalue weighted by molar-refractivity contribution is 7.13. The highest BCUT2D eigenvalue weighted by atomic mass is 32.1. The number of aliphatic hydroxyl groups is 1. The summed E-state index contributed by atoms with van der Waals surface area (Å²) in [6.45, 7) is 4.04. The van der Waals surface area contributed by atoms with Crippen LogP contribution in [-0.2, 0) is 6.42 Å². The first-order chi connectivity index (χ1) is 10.2. The fraction of sp³-hybridized carbons (Fsp3) is 0.471. The first-order valence-electron chi connectivity index (χ1n) is 7.61. The molecule has 21 heavy (non-hydrogen) atoms. The second kappa shape index (κ2) is 6.58. The van der Waals surface area contributed by atoms with E-state index in [-0.39, 0.29) is 6.10 Å². The predicted octanol–water partition coefficient (Wildman–Crippen LogP) is 3.27. The van der Waals surface area contributed by atoms with E-state index in [2.05, 4.69) is 27.4 Å². The van der Waals surface area contributed by atoms with Crippen molar-refractivity contribution in [3.05, 3.63) is 47.0 Å². The van der Waals surface area contributed by atoms with E-state index in [0.717, 1.165) is 43.2 Å². The van der Waals surface area contributed by atoms with Gasteiger partial charge in [-0.25, -0.2) is 4.98 Å². The van der Waals surface area contributed by atoms with Gasteiger partial charge in [-0.3, -0.25) is 0 Å². The molecule has 2 heterocycles. The number of hydrogen-bond acceptors (Lipinski definition) is 4. The summed E-state index contributed by atoms with van der Waals surface area (Å²) in [5.41, 5.74) is 2.32. The summed E-state index contributed by atoms with van der Waals surface area (Å²) in [6, 6.07) is 10.3. The fourth-order valence-electron chi connectivity index (χ4n) is 2.98. The predicted molar refractivity (Wildman–Crippen MR) is 87.9 cm³/mol. The number of rotatable bonds is 4. The van der Waals surface area contributed by atoms with E-state index < -0.39 is 0 Å². The van der Waals surface area contributed by atoms with Crippen LogP contribution in [0.2, 0.25) is 0 Å². The maximum Gasteiger partial charge on any atom is 0.185 e. The lowest BCUT2D eigenvalue weighted by molar-refractivity contribution is 0.0930. The first-order valence-corrected chi connectivity index (χ1v) is 8.49. The number of benzene rings is 1. The Kier molecular flexibility index (Phi) is 4.56. The Labute approximate surface area is 130 Å². The molecule has 1 aliphatic rings. The average Bonchev–Trinajstić information content (AvgIpc) is 2.95. The van der Waals surface area contributed by atoms with Gasteiger partial charge in [-0.2, -0.15) is 0 Å². The molecule has 112 valence electrons. The van der Waals surface area contributed by atoms with Crippen molar-refractivity contribution >= 4 is 16.5 Å². The Bertz CT molecular complexity index is 561. The van der Waals surface area contributed by atoms with Gasteiger partial charge in [0, 0.05) is 18.5 Å². The summed E-state index contributed by atoms with van der Waals surface area (Å²) < 4.78 is 0. The van der Waals surface area contributed by atoms with Crippen LogP contribution in [0.1, 0.15) is 24.1 Å². The number of aliphatic hydroxyl groups excluding tert-OH is 1. The summed E-state index contributed by atoms with van der Waals surface area (Å²) in [4.78, 5) is 6.90. The minimum absolute atomic E-state index is 0.229. The lowest BCUT2D eigenvalue weighted by Gasteiger charge is -2.34. The third-order valence-corrected chi connectivity index (χ3v) is 5.27. The SMILES string of the molecule is Cc1csc(N2CCC(C(O)Cc3ccccc3)CC2)n1. The van der Waals surface area contributed by atoms with E-state index in [1.807, 2.05) is 25.1 Å². The van der Waals surface area contributed by atoms with Gasteiger partial charge in [-0.1, -0.05) is 30.3 Å². The van der Waals surface area contributed by atoms with Gasteiger partial charge in [0.15, 0.2) is 5.13 Å². The summed E-state index contributed by atoms with van der Waals surface area (Å²) >= 11 is 1.72. The van der Waals surface area contributed by atoms with Crippen LogP contribution in [-0.4, -0.2) is 29.3 Å². The Balaban J connectivity index is 1.53. The largest absolute Gasteiger partial charge is 0.392 e.